The first-order valence-electron chi connectivity index (χ1n) is 9.82. The molecule has 0 radical (unpaired) electrons. The lowest BCUT2D eigenvalue weighted by Crippen LogP contribution is -2.58. The van der Waals surface area contributed by atoms with Gasteiger partial charge in [0.15, 0.2) is 0 Å². The normalized spacial score (nSPS) is 18.8. The number of hydrogen-bond donors (Lipinski definition) is 2. The molecule has 3 heterocycles. The molecule has 2 N–H and O–H groups in total. The van der Waals surface area contributed by atoms with E-state index in [1.165, 1.54) is 4.90 Å². The Hall–Kier alpha value is -3.03. The molecule has 2 aromatic rings. The molecule has 8 heteroatoms. The number of H-pyrrole nitrogens is 1. The Labute approximate surface area is 169 Å². The predicted molar refractivity (Wildman–Crippen MR) is 108 cm³/mol. The number of hydrogen-bond acceptors (Lipinski definition) is 4. The van der Waals surface area contributed by atoms with Crippen molar-refractivity contribution < 1.29 is 19.1 Å². The number of carbonyl (C=O) groups excluding carboxylic acids is 3. The molecule has 1 aromatic heterocycles. The van der Waals surface area contributed by atoms with Gasteiger partial charge in [-0.15, -0.1) is 0 Å². The zero-order valence-corrected chi connectivity index (χ0v) is 17.2. The van der Waals surface area contributed by atoms with E-state index in [1.54, 1.807) is 25.7 Å². The molecule has 1 fully saturated rings. The maximum absolute atomic E-state index is 13.2. The van der Waals surface area contributed by atoms with Gasteiger partial charge in [0.2, 0.25) is 5.91 Å². The van der Waals surface area contributed by atoms with Crippen LogP contribution in [0.5, 0.6) is 0 Å². The molecule has 8 nitrogen and oxygen atoms in total. The summed E-state index contributed by atoms with van der Waals surface area (Å²) in [7, 11) is 0. The highest BCUT2D eigenvalue weighted by Gasteiger charge is 2.45. The predicted octanol–water partition coefficient (Wildman–Crippen LogP) is 2.86. The monoisotopic (exact) mass is 398 g/mol. The maximum atomic E-state index is 13.2. The van der Waals surface area contributed by atoms with Crippen molar-refractivity contribution in [1.82, 2.24) is 20.1 Å². The molecule has 2 aliphatic heterocycles. The number of urea groups is 1. The Morgan fingerprint density at radius 3 is 2.79 bits per heavy atom. The molecule has 1 unspecified atom stereocenters. The van der Waals surface area contributed by atoms with Gasteiger partial charge in [-0.05, 0) is 45.4 Å². The third-order valence-corrected chi connectivity index (χ3v) is 5.25. The van der Waals surface area contributed by atoms with E-state index in [0.717, 1.165) is 27.7 Å². The van der Waals surface area contributed by atoms with Crippen LogP contribution in [0, 0.1) is 6.92 Å². The fraction of sp³-hybridized carbons (Fsp3) is 0.476. The smallest absolute Gasteiger partial charge is 0.407 e. The lowest BCUT2D eigenvalue weighted by Gasteiger charge is -2.42. The molecular weight excluding hydrogens is 372 g/mol. The topological polar surface area (TPSA) is 94.7 Å². The average Bonchev–Trinajstić information content (AvgIpc) is 2.98. The van der Waals surface area contributed by atoms with Gasteiger partial charge in [0, 0.05) is 36.2 Å². The van der Waals surface area contributed by atoms with Crippen LogP contribution < -0.4 is 5.32 Å². The summed E-state index contributed by atoms with van der Waals surface area (Å²) in [4.78, 5) is 44.1. The number of amides is 4. The van der Waals surface area contributed by atoms with Crippen LogP contribution in [-0.4, -0.2) is 58.1 Å². The SMILES string of the molecule is Cc1ccc2[nH]c3c(c2c1)C1CN(C3)C(=O)N(CCNC(=O)OC(C)(C)C)C1=O. The third-order valence-electron chi connectivity index (χ3n) is 5.25. The molecule has 2 aliphatic rings. The second kappa shape index (κ2) is 6.79. The van der Waals surface area contributed by atoms with E-state index < -0.39 is 17.6 Å². The van der Waals surface area contributed by atoms with Gasteiger partial charge in [-0.1, -0.05) is 11.6 Å². The fourth-order valence-electron chi connectivity index (χ4n) is 4.06. The van der Waals surface area contributed by atoms with Gasteiger partial charge < -0.3 is 19.9 Å². The van der Waals surface area contributed by atoms with Gasteiger partial charge in [-0.25, -0.2) is 9.59 Å². The highest BCUT2D eigenvalue weighted by atomic mass is 16.6. The quantitative estimate of drug-likeness (QED) is 0.831. The van der Waals surface area contributed by atoms with Crippen LogP contribution in [0.2, 0.25) is 0 Å². The first-order chi connectivity index (χ1) is 13.6. The summed E-state index contributed by atoms with van der Waals surface area (Å²) in [5.41, 5.74) is 3.41. The van der Waals surface area contributed by atoms with Crippen molar-refractivity contribution in [3.8, 4) is 0 Å². The Morgan fingerprint density at radius 2 is 2.07 bits per heavy atom. The number of benzene rings is 1. The molecule has 0 saturated carbocycles. The van der Waals surface area contributed by atoms with E-state index in [-0.39, 0.29) is 25.0 Å². The van der Waals surface area contributed by atoms with Gasteiger partial charge in [0.25, 0.3) is 0 Å². The number of fused-ring (bicyclic) bond motifs is 6. The van der Waals surface area contributed by atoms with E-state index in [0.29, 0.717) is 13.1 Å². The van der Waals surface area contributed by atoms with Crippen molar-refractivity contribution in [3.05, 3.63) is 35.0 Å². The van der Waals surface area contributed by atoms with Crippen LogP contribution in [0.15, 0.2) is 18.2 Å². The maximum Gasteiger partial charge on any atom is 0.407 e. The number of carbonyl (C=O) groups is 3. The van der Waals surface area contributed by atoms with Gasteiger partial charge in [0.05, 0.1) is 12.5 Å². The third kappa shape index (κ3) is 3.54. The van der Waals surface area contributed by atoms with Crippen LogP contribution >= 0.6 is 0 Å². The highest BCUT2D eigenvalue weighted by Crippen LogP contribution is 2.39. The molecule has 2 bridgehead atoms. The van der Waals surface area contributed by atoms with E-state index in [1.807, 2.05) is 19.1 Å². The van der Waals surface area contributed by atoms with Gasteiger partial charge in [0.1, 0.15) is 5.60 Å². The van der Waals surface area contributed by atoms with Crippen LogP contribution in [0.25, 0.3) is 10.9 Å². The van der Waals surface area contributed by atoms with Crippen LogP contribution in [0.3, 0.4) is 0 Å². The minimum absolute atomic E-state index is 0.112. The summed E-state index contributed by atoms with van der Waals surface area (Å²) in [6.45, 7) is 8.45. The summed E-state index contributed by atoms with van der Waals surface area (Å²) in [6, 6.07) is 5.80. The first-order valence-corrected chi connectivity index (χ1v) is 9.82. The molecular formula is C21H26N4O4. The number of rotatable bonds is 3. The van der Waals surface area contributed by atoms with Crippen LogP contribution in [0.4, 0.5) is 9.59 Å². The molecule has 154 valence electrons. The lowest BCUT2D eigenvalue weighted by molar-refractivity contribution is -0.133. The van der Waals surface area contributed by atoms with Crippen molar-refractivity contribution in [2.24, 2.45) is 0 Å². The molecule has 0 spiro atoms. The Balaban J connectivity index is 1.53. The van der Waals surface area contributed by atoms with Gasteiger partial charge in [-0.3, -0.25) is 9.69 Å². The molecule has 1 aromatic carbocycles. The minimum atomic E-state index is -0.604. The number of imide groups is 1. The number of alkyl carbamates (subject to hydrolysis) is 1. The summed E-state index contributed by atoms with van der Waals surface area (Å²) >= 11 is 0. The Morgan fingerprint density at radius 1 is 1.31 bits per heavy atom. The Kier molecular flexibility index (Phi) is 4.52. The average molecular weight is 398 g/mol. The number of aromatic nitrogens is 1. The van der Waals surface area contributed by atoms with E-state index >= 15 is 0 Å². The Bertz CT molecular complexity index is 1000. The van der Waals surface area contributed by atoms with Crippen molar-refractivity contribution in [1.29, 1.82) is 0 Å². The van der Waals surface area contributed by atoms with Crippen molar-refractivity contribution >= 4 is 28.9 Å². The second-order valence-corrected chi connectivity index (χ2v) is 8.70. The van der Waals surface area contributed by atoms with Crippen LogP contribution in [0.1, 0.15) is 43.5 Å². The minimum Gasteiger partial charge on any atom is -0.444 e. The van der Waals surface area contributed by atoms with Crippen molar-refractivity contribution in [3.63, 3.8) is 0 Å². The molecule has 29 heavy (non-hydrogen) atoms. The zero-order chi connectivity index (χ0) is 20.9. The number of ether oxygens (including phenoxy) is 1. The van der Waals surface area contributed by atoms with E-state index in [4.69, 9.17) is 4.74 Å². The van der Waals surface area contributed by atoms with E-state index in [2.05, 4.69) is 16.4 Å². The molecule has 4 amide bonds. The molecule has 0 aliphatic carbocycles. The summed E-state index contributed by atoms with van der Waals surface area (Å²) in [6.07, 6.45) is -0.565. The highest BCUT2D eigenvalue weighted by molar-refractivity contribution is 6.04. The lowest BCUT2D eigenvalue weighted by atomic mass is 9.88. The number of nitrogens with one attached hydrogen (secondary N) is 2. The number of aryl methyl sites for hydroxylation is 1. The van der Waals surface area contributed by atoms with Crippen molar-refractivity contribution in [2.45, 2.75) is 45.8 Å². The molecule has 1 atom stereocenters. The second-order valence-electron chi connectivity index (χ2n) is 8.70. The summed E-state index contributed by atoms with van der Waals surface area (Å²) in [5.74, 6) is -0.617. The van der Waals surface area contributed by atoms with E-state index in [9.17, 15) is 14.4 Å². The zero-order valence-electron chi connectivity index (χ0n) is 17.2. The first kappa shape index (κ1) is 19.3. The van der Waals surface area contributed by atoms with Gasteiger partial charge >= 0.3 is 12.1 Å². The van der Waals surface area contributed by atoms with Gasteiger partial charge in [-0.2, -0.15) is 0 Å². The molecule has 4 rings (SSSR count). The van der Waals surface area contributed by atoms with Crippen LogP contribution in [-0.2, 0) is 16.1 Å². The standard InChI is InChI=1S/C21H26N4O4/c1-12-5-6-15-13(9-12)17-14-10-24(11-16(17)23-15)20(28)25(18(14)26)8-7-22-19(27)29-21(2,3)4/h5-6,9,14,23H,7-8,10-11H2,1-4H3,(H,22,27). The number of nitrogens with zero attached hydrogens (tertiary/aromatic N) is 2. The van der Waals surface area contributed by atoms with Crippen molar-refractivity contribution in [2.75, 3.05) is 19.6 Å². The molecule has 1 saturated heterocycles. The summed E-state index contributed by atoms with van der Waals surface area (Å²) < 4.78 is 5.20. The number of aromatic amines is 1. The summed E-state index contributed by atoms with van der Waals surface area (Å²) in [5, 5.41) is 3.65. The fourth-order valence-corrected chi connectivity index (χ4v) is 4.06. The largest absolute Gasteiger partial charge is 0.444 e.